The molecule has 0 unspecified atom stereocenters. The monoisotopic (exact) mass is 259 g/mol. The summed E-state index contributed by atoms with van der Waals surface area (Å²) in [7, 11) is 0. The summed E-state index contributed by atoms with van der Waals surface area (Å²) < 4.78 is 0. The molecule has 0 fully saturated rings. The average Bonchev–Trinajstić information content (AvgIpc) is 2.53. The SMILES string of the molecule is O=C(/N=C/c1cccc2ccccc12)c1ccccc1. The van der Waals surface area contributed by atoms with Crippen molar-refractivity contribution in [2.45, 2.75) is 0 Å². The molecule has 3 aromatic rings. The van der Waals surface area contributed by atoms with Gasteiger partial charge in [0.05, 0.1) is 0 Å². The van der Waals surface area contributed by atoms with Gasteiger partial charge in [-0.15, -0.1) is 0 Å². The van der Waals surface area contributed by atoms with E-state index in [4.69, 9.17) is 0 Å². The van der Waals surface area contributed by atoms with E-state index in [1.807, 2.05) is 60.7 Å². The zero-order chi connectivity index (χ0) is 13.8. The number of hydrogen-bond acceptors (Lipinski definition) is 1. The van der Waals surface area contributed by atoms with Gasteiger partial charge >= 0.3 is 0 Å². The number of benzene rings is 3. The Labute approximate surface area is 117 Å². The Morgan fingerprint density at radius 2 is 1.50 bits per heavy atom. The smallest absolute Gasteiger partial charge is 0.267 e. The van der Waals surface area contributed by atoms with Crippen molar-refractivity contribution in [2.24, 2.45) is 4.99 Å². The summed E-state index contributed by atoms with van der Waals surface area (Å²) in [5.41, 5.74) is 1.55. The van der Waals surface area contributed by atoms with Crippen LogP contribution in [0.1, 0.15) is 15.9 Å². The summed E-state index contributed by atoms with van der Waals surface area (Å²) in [4.78, 5) is 16.0. The number of rotatable bonds is 2. The molecule has 0 atom stereocenters. The second kappa shape index (κ2) is 5.49. The maximum Gasteiger partial charge on any atom is 0.276 e. The van der Waals surface area contributed by atoms with Gasteiger partial charge in [-0.05, 0) is 22.9 Å². The van der Waals surface area contributed by atoms with Crippen molar-refractivity contribution in [1.82, 2.24) is 0 Å². The van der Waals surface area contributed by atoms with E-state index in [9.17, 15) is 4.79 Å². The second-order valence-corrected chi connectivity index (χ2v) is 4.50. The molecular weight excluding hydrogens is 246 g/mol. The van der Waals surface area contributed by atoms with Crippen LogP contribution in [0.5, 0.6) is 0 Å². The van der Waals surface area contributed by atoms with Crippen molar-refractivity contribution in [3.63, 3.8) is 0 Å². The second-order valence-electron chi connectivity index (χ2n) is 4.50. The zero-order valence-electron chi connectivity index (χ0n) is 10.9. The van der Waals surface area contributed by atoms with E-state index in [1.165, 1.54) is 0 Å². The predicted molar refractivity (Wildman–Crippen MR) is 82.3 cm³/mol. The van der Waals surface area contributed by atoms with E-state index in [0.29, 0.717) is 5.56 Å². The first kappa shape index (κ1) is 12.3. The van der Waals surface area contributed by atoms with Crippen molar-refractivity contribution < 1.29 is 4.79 Å². The molecule has 0 aromatic heterocycles. The van der Waals surface area contributed by atoms with Gasteiger partial charge in [0.15, 0.2) is 0 Å². The number of hydrogen-bond donors (Lipinski definition) is 0. The first-order valence-electron chi connectivity index (χ1n) is 6.46. The third-order valence-corrected chi connectivity index (χ3v) is 3.16. The fourth-order valence-electron chi connectivity index (χ4n) is 2.15. The molecule has 96 valence electrons. The maximum absolute atomic E-state index is 12.0. The molecule has 0 bridgehead atoms. The van der Waals surface area contributed by atoms with Crippen LogP contribution in [-0.2, 0) is 0 Å². The Morgan fingerprint density at radius 3 is 2.35 bits per heavy atom. The highest BCUT2D eigenvalue weighted by molar-refractivity contribution is 6.06. The van der Waals surface area contributed by atoms with Gasteiger partial charge in [0.1, 0.15) is 0 Å². The van der Waals surface area contributed by atoms with Crippen LogP contribution in [0.15, 0.2) is 77.8 Å². The quantitative estimate of drug-likeness (QED) is 0.637. The van der Waals surface area contributed by atoms with Gasteiger partial charge in [-0.1, -0.05) is 60.7 Å². The molecule has 0 heterocycles. The minimum Gasteiger partial charge on any atom is -0.267 e. The van der Waals surface area contributed by atoms with Gasteiger partial charge in [-0.25, -0.2) is 4.99 Å². The van der Waals surface area contributed by atoms with Crippen LogP contribution in [0, 0.1) is 0 Å². The molecule has 0 aliphatic carbocycles. The van der Waals surface area contributed by atoms with Crippen molar-refractivity contribution in [3.05, 3.63) is 83.9 Å². The Kier molecular flexibility index (Phi) is 3.38. The fraction of sp³-hybridized carbons (Fsp3) is 0. The van der Waals surface area contributed by atoms with E-state index in [2.05, 4.69) is 4.99 Å². The third-order valence-electron chi connectivity index (χ3n) is 3.16. The molecule has 0 aliphatic rings. The first-order valence-corrected chi connectivity index (χ1v) is 6.46. The standard InChI is InChI=1S/C18H13NO/c20-18(15-8-2-1-3-9-15)19-13-16-11-6-10-14-7-4-5-12-17(14)16/h1-13H/b19-13+. The van der Waals surface area contributed by atoms with Gasteiger partial charge in [0.2, 0.25) is 0 Å². The van der Waals surface area contributed by atoms with Gasteiger partial charge in [-0.2, -0.15) is 0 Å². The molecule has 20 heavy (non-hydrogen) atoms. The third kappa shape index (κ3) is 2.50. The molecule has 0 N–H and O–H groups in total. The van der Waals surface area contributed by atoms with Crippen LogP contribution in [0.3, 0.4) is 0 Å². The number of carbonyl (C=O) groups is 1. The van der Waals surface area contributed by atoms with Crippen molar-refractivity contribution in [2.75, 3.05) is 0 Å². The van der Waals surface area contributed by atoms with Crippen molar-refractivity contribution >= 4 is 22.9 Å². The van der Waals surface area contributed by atoms with Crippen molar-refractivity contribution in [1.29, 1.82) is 0 Å². The molecule has 0 saturated heterocycles. The Balaban J connectivity index is 1.94. The predicted octanol–water partition coefficient (Wildman–Crippen LogP) is 4.10. The zero-order valence-corrected chi connectivity index (χ0v) is 10.9. The van der Waals surface area contributed by atoms with Gasteiger partial charge < -0.3 is 0 Å². The molecule has 1 amide bonds. The minimum absolute atomic E-state index is 0.224. The number of fused-ring (bicyclic) bond motifs is 1. The van der Waals surface area contributed by atoms with Crippen LogP contribution < -0.4 is 0 Å². The first-order chi connectivity index (χ1) is 9.84. The van der Waals surface area contributed by atoms with E-state index in [1.54, 1.807) is 18.3 Å². The van der Waals surface area contributed by atoms with Crippen LogP contribution in [0.2, 0.25) is 0 Å². The fourth-order valence-corrected chi connectivity index (χ4v) is 2.15. The normalized spacial score (nSPS) is 11.0. The molecule has 0 aliphatic heterocycles. The highest BCUT2D eigenvalue weighted by Gasteiger charge is 2.02. The summed E-state index contributed by atoms with van der Waals surface area (Å²) in [5, 5.41) is 2.24. The molecule has 0 saturated carbocycles. The minimum atomic E-state index is -0.224. The molecule has 2 nitrogen and oxygen atoms in total. The molecular formula is C18H13NO. The summed E-state index contributed by atoms with van der Waals surface area (Å²) in [6.45, 7) is 0. The van der Waals surface area contributed by atoms with E-state index in [0.717, 1.165) is 16.3 Å². The lowest BCUT2D eigenvalue weighted by Crippen LogP contribution is -1.95. The van der Waals surface area contributed by atoms with Crippen LogP contribution in [0.25, 0.3) is 10.8 Å². The Bertz CT molecular complexity index is 770. The Hall–Kier alpha value is -2.74. The largest absolute Gasteiger partial charge is 0.276 e. The summed E-state index contributed by atoms with van der Waals surface area (Å²) >= 11 is 0. The lowest BCUT2D eigenvalue weighted by Gasteiger charge is -2.01. The number of amides is 1. The highest BCUT2D eigenvalue weighted by Crippen LogP contribution is 2.17. The van der Waals surface area contributed by atoms with E-state index < -0.39 is 0 Å². The van der Waals surface area contributed by atoms with Crippen LogP contribution in [0.4, 0.5) is 0 Å². The van der Waals surface area contributed by atoms with E-state index >= 15 is 0 Å². The van der Waals surface area contributed by atoms with Crippen LogP contribution >= 0.6 is 0 Å². The van der Waals surface area contributed by atoms with Crippen LogP contribution in [-0.4, -0.2) is 12.1 Å². The molecule has 0 spiro atoms. The summed E-state index contributed by atoms with van der Waals surface area (Å²) in [5.74, 6) is -0.224. The lowest BCUT2D eigenvalue weighted by atomic mass is 10.1. The molecule has 2 heteroatoms. The van der Waals surface area contributed by atoms with Gasteiger partial charge in [0, 0.05) is 17.3 Å². The maximum atomic E-state index is 12.0. The number of carbonyl (C=O) groups excluding carboxylic acids is 1. The molecule has 0 radical (unpaired) electrons. The average molecular weight is 259 g/mol. The van der Waals surface area contributed by atoms with E-state index in [-0.39, 0.29) is 5.91 Å². The van der Waals surface area contributed by atoms with Gasteiger partial charge in [-0.3, -0.25) is 4.79 Å². The van der Waals surface area contributed by atoms with Crippen molar-refractivity contribution in [3.8, 4) is 0 Å². The Morgan fingerprint density at radius 1 is 0.800 bits per heavy atom. The molecule has 3 aromatic carbocycles. The summed E-state index contributed by atoms with van der Waals surface area (Å²) in [6, 6.07) is 23.1. The number of nitrogens with zero attached hydrogens (tertiary/aromatic N) is 1. The summed E-state index contributed by atoms with van der Waals surface area (Å²) in [6.07, 6.45) is 1.64. The number of aliphatic imine (C=N–C) groups is 1. The molecule has 3 rings (SSSR count). The highest BCUT2D eigenvalue weighted by atomic mass is 16.1. The lowest BCUT2D eigenvalue weighted by molar-refractivity contribution is 0.100. The van der Waals surface area contributed by atoms with Gasteiger partial charge in [0.25, 0.3) is 5.91 Å². The topological polar surface area (TPSA) is 29.4 Å².